The summed E-state index contributed by atoms with van der Waals surface area (Å²) in [4.78, 5) is 11.6. The highest BCUT2D eigenvalue weighted by atomic mass is 16.1. The summed E-state index contributed by atoms with van der Waals surface area (Å²) in [7, 11) is 0. The summed E-state index contributed by atoms with van der Waals surface area (Å²) in [5.74, 6) is 0.717. The Morgan fingerprint density at radius 1 is 1.29 bits per heavy atom. The first-order valence-electron chi connectivity index (χ1n) is 6.88. The molecule has 0 aliphatic carbocycles. The van der Waals surface area contributed by atoms with Crippen molar-refractivity contribution in [1.82, 2.24) is 5.32 Å². The zero-order chi connectivity index (χ0) is 13.3. The molecule has 0 aromatic carbocycles. The molecule has 0 spiro atoms. The summed E-state index contributed by atoms with van der Waals surface area (Å²) in [6.45, 7) is 10.3. The molecule has 0 rings (SSSR count). The van der Waals surface area contributed by atoms with Crippen molar-refractivity contribution in [2.45, 2.75) is 59.8 Å². The lowest BCUT2D eigenvalue weighted by Crippen LogP contribution is -2.28. The minimum Gasteiger partial charge on any atom is -0.356 e. The summed E-state index contributed by atoms with van der Waals surface area (Å²) >= 11 is 0. The Bertz CT molecular complexity index is 209. The highest BCUT2D eigenvalue weighted by molar-refractivity contribution is 5.75. The van der Waals surface area contributed by atoms with Crippen molar-refractivity contribution in [2.75, 3.05) is 13.1 Å². The SMILES string of the molecule is CCCCNC(=O)CCC(CCN)C(C)(C)C. The molecule has 0 bridgehead atoms. The number of hydrogen-bond donors (Lipinski definition) is 2. The first kappa shape index (κ1) is 16.4. The van der Waals surface area contributed by atoms with Gasteiger partial charge < -0.3 is 11.1 Å². The van der Waals surface area contributed by atoms with Gasteiger partial charge in [0.05, 0.1) is 0 Å². The van der Waals surface area contributed by atoms with Crippen molar-refractivity contribution in [3.05, 3.63) is 0 Å². The number of rotatable bonds is 8. The normalized spacial score (nSPS) is 13.5. The Hall–Kier alpha value is -0.570. The molecule has 0 aliphatic rings. The van der Waals surface area contributed by atoms with Crippen LogP contribution in [0.2, 0.25) is 0 Å². The van der Waals surface area contributed by atoms with Gasteiger partial charge in [-0.1, -0.05) is 34.1 Å². The van der Waals surface area contributed by atoms with E-state index in [0.717, 1.165) is 32.2 Å². The van der Waals surface area contributed by atoms with Gasteiger partial charge in [0.15, 0.2) is 0 Å². The van der Waals surface area contributed by atoms with Gasteiger partial charge in [0.2, 0.25) is 5.91 Å². The molecule has 3 nitrogen and oxygen atoms in total. The average molecular weight is 242 g/mol. The van der Waals surface area contributed by atoms with E-state index < -0.39 is 0 Å². The Kier molecular flexibility index (Phi) is 8.23. The van der Waals surface area contributed by atoms with E-state index in [1.807, 2.05) is 0 Å². The van der Waals surface area contributed by atoms with E-state index in [1.165, 1.54) is 0 Å². The predicted octanol–water partition coefficient (Wildman–Crippen LogP) is 2.69. The maximum atomic E-state index is 11.6. The maximum absolute atomic E-state index is 11.6. The van der Waals surface area contributed by atoms with Crippen LogP contribution in [0.5, 0.6) is 0 Å². The number of amides is 1. The zero-order valence-corrected chi connectivity index (χ0v) is 12.0. The van der Waals surface area contributed by atoms with Gasteiger partial charge in [0, 0.05) is 13.0 Å². The number of unbranched alkanes of at least 4 members (excludes halogenated alkanes) is 1. The van der Waals surface area contributed by atoms with E-state index in [9.17, 15) is 4.79 Å². The van der Waals surface area contributed by atoms with Crippen LogP contribution < -0.4 is 11.1 Å². The lowest BCUT2D eigenvalue weighted by atomic mass is 9.76. The number of nitrogens with one attached hydrogen (secondary N) is 1. The van der Waals surface area contributed by atoms with E-state index in [2.05, 4.69) is 33.0 Å². The van der Waals surface area contributed by atoms with Crippen LogP contribution in [0.4, 0.5) is 0 Å². The molecule has 0 radical (unpaired) electrons. The lowest BCUT2D eigenvalue weighted by Gasteiger charge is -2.30. The third-order valence-electron chi connectivity index (χ3n) is 3.31. The van der Waals surface area contributed by atoms with Crippen LogP contribution in [0.3, 0.4) is 0 Å². The second-order valence-corrected chi connectivity index (χ2v) is 5.88. The smallest absolute Gasteiger partial charge is 0.220 e. The first-order valence-corrected chi connectivity index (χ1v) is 6.88. The molecule has 102 valence electrons. The summed E-state index contributed by atoms with van der Waals surface area (Å²) in [5.41, 5.74) is 5.87. The molecule has 0 aromatic heterocycles. The molecule has 0 fully saturated rings. The van der Waals surface area contributed by atoms with Gasteiger partial charge in [-0.25, -0.2) is 0 Å². The van der Waals surface area contributed by atoms with Gasteiger partial charge in [0.1, 0.15) is 0 Å². The molecule has 1 atom stereocenters. The Balaban J connectivity index is 3.92. The topological polar surface area (TPSA) is 55.1 Å². The fraction of sp³-hybridized carbons (Fsp3) is 0.929. The molecule has 3 N–H and O–H groups in total. The molecule has 0 saturated heterocycles. The summed E-state index contributed by atoms with van der Waals surface area (Å²) in [5, 5.41) is 2.96. The number of carbonyl (C=O) groups excluding carboxylic acids is 1. The summed E-state index contributed by atoms with van der Waals surface area (Å²) in [6, 6.07) is 0. The van der Waals surface area contributed by atoms with E-state index in [4.69, 9.17) is 5.73 Å². The van der Waals surface area contributed by atoms with Crippen molar-refractivity contribution in [2.24, 2.45) is 17.1 Å². The Morgan fingerprint density at radius 3 is 2.41 bits per heavy atom. The number of nitrogens with two attached hydrogens (primary N) is 1. The minimum absolute atomic E-state index is 0.185. The molecule has 0 aliphatic heterocycles. The number of carbonyl (C=O) groups is 1. The second kappa shape index (κ2) is 8.51. The molecule has 1 unspecified atom stereocenters. The molecule has 17 heavy (non-hydrogen) atoms. The van der Waals surface area contributed by atoms with Gasteiger partial charge in [-0.3, -0.25) is 4.79 Å². The minimum atomic E-state index is 0.185. The molecule has 3 heteroatoms. The molecule has 0 heterocycles. The van der Waals surface area contributed by atoms with Gasteiger partial charge in [-0.2, -0.15) is 0 Å². The average Bonchev–Trinajstić information content (AvgIpc) is 2.23. The maximum Gasteiger partial charge on any atom is 0.220 e. The molecule has 1 amide bonds. The van der Waals surface area contributed by atoms with Crippen molar-refractivity contribution < 1.29 is 4.79 Å². The van der Waals surface area contributed by atoms with Crippen LogP contribution in [0.1, 0.15) is 59.8 Å². The predicted molar refractivity (Wildman–Crippen MR) is 73.8 cm³/mol. The Labute approximate surface area is 107 Å². The largest absolute Gasteiger partial charge is 0.356 e. The van der Waals surface area contributed by atoms with Crippen molar-refractivity contribution >= 4 is 5.91 Å². The summed E-state index contributed by atoms with van der Waals surface area (Å²) in [6.07, 6.45) is 4.77. The zero-order valence-electron chi connectivity index (χ0n) is 12.0. The van der Waals surface area contributed by atoms with Crippen molar-refractivity contribution in [1.29, 1.82) is 0 Å². The van der Waals surface area contributed by atoms with Crippen LogP contribution in [-0.4, -0.2) is 19.0 Å². The quantitative estimate of drug-likeness (QED) is 0.643. The monoisotopic (exact) mass is 242 g/mol. The number of hydrogen-bond acceptors (Lipinski definition) is 2. The highest BCUT2D eigenvalue weighted by Gasteiger charge is 2.24. The molecule has 0 saturated carbocycles. The highest BCUT2D eigenvalue weighted by Crippen LogP contribution is 2.31. The lowest BCUT2D eigenvalue weighted by molar-refractivity contribution is -0.121. The van der Waals surface area contributed by atoms with Crippen LogP contribution in [0.25, 0.3) is 0 Å². The van der Waals surface area contributed by atoms with Crippen molar-refractivity contribution in [3.8, 4) is 0 Å². The van der Waals surface area contributed by atoms with Crippen LogP contribution >= 0.6 is 0 Å². The fourth-order valence-electron chi connectivity index (χ4n) is 2.01. The summed E-state index contributed by atoms with van der Waals surface area (Å²) < 4.78 is 0. The van der Waals surface area contributed by atoms with E-state index in [-0.39, 0.29) is 11.3 Å². The standard InChI is InChI=1S/C14H30N2O/c1-5-6-11-16-13(17)8-7-12(9-10-15)14(2,3)4/h12H,5-11,15H2,1-4H3,(H,16,17). The molecule has 0 aromatic rings. The van der Waals surface area contributed by atoms with E-state index in [1.54, 1.807) is 0 Å². The first-order chi connectivity index (χ1) is 7.91. The van der Waals surface area contributed by atoms with Crippen molar-refractivity contribution in [3.63, 3.8) is 0 Å². The Morgan fingerprint density at radius 2 is 1.94 bits per heavy atom. The molecular weight excluding hydrogens is 212 g/mol. The van der Waals surface area contributed by atoms with Gasteiger partial charge in [-0.15, -0.1) is 0 Å². The van der Waals surface area contributed by atoms with Gasteiger partial charge >= 0.3 is 0 Å². The third-order valence-corrected chi connectivity index (χ3v) is 3.31. The fourth-order valence-corrected chi connectivity index (χ4v) is 2.01. The van der Waals surface area contributed by atoms with Crippen LogP contribution in [-0.2, 0) is 4.79 Å². The molecular formula is C14H30N2O. The second-order valence-electron chi connectivity index (χ2n) is 5.88. The van der Waals surface area contributed by atoms with E-state index in [0.29, 0.717) is 18.9 Å². The van der Waals surface area contributed by atoms with E-state index >= 15 is 0 Å². The van der Waals surface area contributed by atoms with Crippen LogP contribution in [0.15, 0.2) is 0 Å². The third kappa shape index (κ3) is 8.19. The van der Waals surface area contributed by atoms with Crippen LogP contribution in [0, 0.1) is 11.3 Å². The van der Waals surface area contributed by atoms with Gasteiger partial charge in [-0.05, 0) is 37.1 Å². The van der Waals surface area contributed by atoms with Gasteiger partial charge in [0.25, 0.3) is 0 Å².